The van der Waals surface area contributed by atoms with Gasteiger partial charge in [-0.1, -0.05) is 6.07 Å². The zero-order valence-electron chi connectivity index (χ0n) is 17.4. The highest BCUT2D eigenvalue weighted by atomic mass is 32.2. The van der Waals surface area contributed by atoms with Crippen LogP contribution in [0.2, 0.25) is 0 Å². The Morgan fingerprint density at radius 1 is 1.17 bits per heavy atom. The summed E-state index contributed by atoms with van der Waals surface area (Å²) in [4.78, 5) is 0.172. The lowest BCUT2D eigenvalue weighted by atomic mass is 9.79. The molecule has 0 spiro atoms. The Kier molecular flexibility index (Phi) is 6.22. The fraction of sp³-hybridized carbons (Fsp3) is 0.455. The van der Waals surface area contributed by atoms with Crippen LogP contribution >= 0.6 is 0 Å². The highest BCUT2D eigenvalue weighted by Crippen LogP contribution is 2.37. The van der Waals surface area contributed by atoms with Crippen molar-refractivity contribution in [2.24, 2.45) is 0 Å². The Morgan fingerprint density at radius 3 is 2.48 bits per heavy atom. The number of ether oxygens (including phenoxy) is 2. The minimum atomic E-state index is -3.78. The average molecular weight is 420 g/mol. The third-order valence-corrected chi connectivity index (χ3v) is 6.82. The monoisotopic (exact) mass is 419 g/mol. The van der Waals surface area contributed by atoms with E-state index in [0.29, 0.717) is 18.8 Å². The van der Waals surface area contributed by atoms with Crippen molar-refractivity contribution in [3.8, 4) is 11.5 Å². The Bertz CT molecular complexity index is 979. The van der Waals surface area contributed by atoms with E-state index in [2.05, 4.69) is 4.72 Å². The van der Waals surface area contributed by atoms with E-state index in [0.717, 1.165) is 40.8 Å². The predicted molar refractivity (Wildman–Crippen MR) is 112 cm³/mol. The maximum atomic E-state index is 12.9. The molecule has 158 valence electrons. The lowest BCUT2D eigenvalue weighted by molar-refractivity contribution is 0.0242. The number of aliphatic hydroxyl groups is 1. The van der Waals surface area contributed by atoms with Crippen LogP contribution in [0.3, 0.4) is 0 Å². The van der Waals surface area contributed by atoms with E-state index < -0.39 is 15.6 Å². The van der Waals surface area contributed by atoms with E-state index in [9.17, 15) is 13.5 Å². The zero-order chi connectivity index (χ0) is 21.2. The van der Waals surface area contributed by atoms with E-state index in [4.69, 9.17) is 9.47 Å². The summed E-state index contributed by atoms with van der Waals surface area (Å²) in [5.74, 6) is 1.44. The Morgan fingerprint density at radius 2 is 1.86 bits per heavy atom. The van der Waals surface area contributed by atoms with Crippen LogP contribution in [0.25, 0.3) is 0 Å². The molecule has 2 N–H and O–H groups in total. The minimum absolute atomic E-state index is 0.0834. The molecule has 0 aliphatic heterocycles. The molecule has 0 radical (unpaired) electrons. The number of nitrogens with one attached hydrogen (secondary N) is 1. The first-order chi connectivity index (χ1) is 13.7. The third kappa shape index (κ3) is 4.42. The molecule has 29 heavy (non-hydrogen) atoms. The number of sulfonamides is 1. The largest absolute Gasteiger partial charge is 0.497 e. The third-order valence-electron chi connectivity index (χ3n) is 5.44. The van der Waals surface area contributed by atoms with Crippen LogP contribution in [-0.4, -0.2) is 33.8 Å². The van der Waals surface area contributed by atoms with Gasteiger partial charge in [0.05, 0.1) is 18.6 Å². The van der Waals surface area contributed by atoms with Gasteiger partial charge >= 0.3 is 0 Å². The minimum Gasteiger partial charge on any atom is -0.497 e. The van der Waals surface area contributed by atoms with Gasteiger partial charge in [0.1, 0.15) is 17.1 Å². The lowest BCUT2D eigenvalue weighted by Crippen LogP contribution is -2.43. The second-order valence-electron chi connectivity index (χ2n) is 7.55. The van der Waals surface area contributed by atoms with E-state index >= 15 is 0 Å². The summed E-state index contributed by atoms with van der Waals surface area (Å²) in [6.45, 7) is 5.98. The van der Waals surface area contributed by atoms with Crippen LogP contribution in [0.5, 0.6) is 11.5 Å². The van der Waals surface area contributed by atoms with Gasteiger partial charge in [0.2, 0.25) is 10.0 Å². The molecule has 6 nitrogen and oxygen atoms in total. The van der Waals surface area contributed by atoms with E-state index in [1.165, 1.54) is 0 Å². The number of methoxy groups -OCH3 is 1. The molecule has 1 atom stereocenters. The van der Waals surface area contributed by atoms with Crippen LogP contribution in [0.1, 0.15) is 42.0 Å². The SMILES string of the molecule is CCOc1c(C)cc(S(=O)(=O)NCC2(O)CCCc3cc(OC)ccc32)cc1C. The van der Waals surface area contributed by atoms with Gasteiger partial charge in [0, 0.05) is 6.54 Å². The summed E-state index contributed by atoms with van der Waals surface area (Å²) in [6.07, 6.45) is 2.11. The molecular weight excluding hydrogens is 390 g/mol. The molecular formula is C22H29NO5S. The van der Waals surface area contributed by atoms with Crippen molar-refractivity contribution in [2.75, 3.05) is 20.3 Å². The molecule has 2 aromatic carbocycles. The van der Waals surface area contributed by atoms with Crippen LogP contribution < -0.4 is 14.2 Å². The number of hydrogen-bond donors (Lipinski definition) is 2. The van der Waals surface area contributed by atoms with Gasteiger partial charge in [0.15, 0.2) is 0 Å². The van der Waals surface area contributed by atoms with Gasteiger partial charge in [-0.05, 0) is 86.6 Å². The summed E-state index contributed by atoms with van der Waals surface area (Å²) in [5.41, 5.74) is 2.03. The van der Waals surface area contributed by atoms with Gasteiger partial charge in [-0.2, -0.15) is 0 Å². The summed E-state index contributed by atoms with van der Waals surface area (Å²) in [6, 6.07) is 8.73. The summed E-state index contributed by atoms with van der Waals surface area (Å²) >= 11 is 0. The fourth-order valence-electron chi connectivity index (χ4n) is 3.98. The van der Waals surface area contributed by atoms with Gasteiger partial charge in [-0.3, -0.25) is 0 Å². The average Bonchev–Trinajstić information content (AvgIpc) is 2.69. The molecule has 2 aromatic rings. The molecule has 0 aromatic heterocycles. The number of benzene rings is 2. The van der Waals surface area contributed by atoms with Crippen molar-refractivity contribution < 1.29 is 23.0 Å². The van der Waals surface area contributed by atoms with Gasteiger partial charge in [-0.15, -0.1) is 0 Å². The standard InChI is InChI=1S/C22H29NO5S/c1-5-28-21-15(2)11-19(12-16(21)3)29(25,26)23-14-22(24)10-6-7-17-13-18(27-4)8-9-20(17)22/h8-9,11-13,23-24H,5-7,10,14H2,1-4H3. The lowest BCUT2D eigenvalue weighted by Gasteiger charge is -2.34. The number of rotatable bonds is 7. The van der Waals surface area contributed by atoms with Crippen molar-refractivity contribution in [3.05, 3.63) is 52.6 Å². The smallest absolute Gasteiger partial charge is 0.240 e. The molecule has 0 saturated heterocycles. The molecule has 3 rings (SSSR count). The molecule has 1 unspecified atom stereocenters. The van der Waals surface area contributed by atoms with Crippen molar-refractivity contribution in [3.63, 3.8) is 0 Å². The molecule has 0 amide bonds. The molecule has 0 heterocycles. The van der Waals surface area contributed by atoms with Crippen LogP contribution in [-0.2, 0) is 22.0 Å². The van der Waals surface area contributed by atoms with Crippen LogP contribution in [0.15, 0.2) is 35.2 Å². The van der Waals surface area contributed by atoms with Crippen molar-refractivity contribution in [2.45, 2.75) is 50.5 Å². The van der Waals surface area contributed by atoms with Gasteiger partial charge in [0.25, 0.3) is 0 Å². The van der Waals surface area contributed by atoms with Gasteiger partial charge in [-0.25, -0.2) is 13.1 Å². The van der Waals surface area contributed by atoms with E-state index in [1.54, 1.807) is 25.3 Å². The molecule has 1 aliphatic carbocycles. The molecule has 0 bridgehead atoms. The topological polar surface area (TPSA) is 84.9 Å². The zero-order valence-corrected chi connectivity index (χ0v) is 18.2. The summed E-state index contributed by atoms with van der Waals surface area (Å²) < 4.78 is 39.3. The number of fused-ring (bicyclic) bond motifs is 1. The highest BCUT2D eigenvalue weighted by Gasteiger charge is 2.36. The Labute approximate surface area is 172 Å². The molecule has 7 heteroatoms. The second-order valence-corrected chi connectivity index (χ2v) is 9.32. The van der Waals surface area contributed by atoms with Crippen LogP contribution in [0.4, 0.5) is 0 Å². The number of hydrogen-bond acceptors (Lipinski definition) is 5. The second kappa shape index (κ2) is 8.34. The van der Waals surface area contributed by atoms with Crippen molar-refractivity contribution >= 4 is 10.0 Å². The predicted octanol–water partition coefficient (Wildman–Crippen LogP) is 3.21. The molecule has 0 saturated carbocycles. The quantitative estimate of drug-likeness (QED) is 0.720. The highest BCUT2D eigenvalue weighted by molar-refractivity contribution is 7.89. The summed E-state index contributed by atoms with van der Waals surface area (Å²) in [7, 11) is -2.18. The van der Waals surface area contributed by atoms with E-state index in [1.807, 2.05) is 32.9 Å². The fourth-order valence-corrected chi connectivity index (χ4v) is 5.24. The normalized spacial score (nSPS) is 18.9. The first-order valence-electron chi connectivity index (χ1n) is 9.83. The van der Waals surface area contributed by atoms with E-state index in [-0.39, 0.29) is 11.4 Å². The first-order valence-corrected chi connectivity index (χ1v) is 11.3. The number of aryl methyl sites for hydroxylation is 3. The Hall–Kier alpha value is -2.09. The Balaban J connectivity index is 1.84. The first kappa shape index (κ1) is 21.6. The maximum Gasteiger partial charge on any atom is 0.240 e. The van der Waals surface area contributed by atoms with Crippen molar-refractivity contribution in [1.82, 2.24) is 4.72 Å². The van der Waals surface area contributed by atoms with Gasteiger partial charge < -0.3 is 14.6 Å². The maximum absolute atomic E-state index is 12.9. The molecule has 1 aliphatic rings. The van der Waals surface area contributed by atoms with Crippen molar-refractivity contribution in [1.29, 1.82) is 0 Å². The summed E-state index contributed by atoms with van der Waals surface area (Å²) in [5, 5.41) is 11.2. The molecule has 0 fully saturated rings. The van der Waals surface area contributed by atoms with Crippen LogP contribution in [0, 0.1) is 13.8 Å².